The summed E-state index contributed by atoms with van der Waals surface area (Å²) in [6.07, 6.45) is 0. The van der Waals surface area contributed by atoms with Gasteiger partial charge in [0, 0.05) is 0 Å². The van der Waals surface area contributed by atoms with Crippen molar-refractivity contribution in [1.82, 2.24) is 19.9 Å². The maximum atomic E-state index is 4.19. The molecular weight excluding hydrogens is 214 g/mol. The molecule has 1 heterocycles. The second kappa shape index (κ2) is 4.53. The summed E-state index contributed by atoms with van der Waals surface area (Å²) in [6.45, 7) is 0.723. The smallest absolute Gasteiger partial charge is 0.268 e. The van der Waals surface area contributed by atoms with E-state index in [1.165, 1.54) is 5.84 Å². The zero-order valence-corrected chi connectivity index (χ0v) is 10.8. The van der Waals surface area contributed by atoms with Crippen LogP contribution in [0.2, 0.25) is 0 Å². The van der Waals surface area contributed by atoms with E-state index < -0.39 is 0 Å². The molecule has 1 aromatic carbocycles. The van der Waals surface area contributed by atoms with E-state index in [1.807, 2.05) is 57.1 Å². The minimum Gasteiger partial charge on any atom is -0.269 e. The first-order valence-electron chi connectivity index (χ1n) is 5.58. The Balaban J connectivity index is 2.39. The SMILES string of the molecule is CN(C)C(Cn1nnc2ccccc21)=[N+](C)C. The number of amidine groups is 1. The van der Waals surface area contributed by atoms with Crippen LogP contribution in [-0.4, -0.2) is 58.5 Å². The number of nitrogens with zero attached hydrogens (tertiary/aromatic N) is 5. The van der Waals surface area contributed by atoms with Crippen molar-refractivity contribution in [2.24, 2.45) is 0 Å². The van der Waals surface area contributed by atoms with Crippen molar-refractivity contribution in [2.45, 2.75) is 6.54 Å². The lowest BCUT2D eigenvalue weighted by Gasteiger charge is -2.11. The van der Waals surface area contributed by atoms with E-state index in [4.69, 9.17) is 0 Å². The van der Waals surface area contributed by atoms with Crippen molar-refractivity contribution in [3.05, 3.63) is 24.3 Å². The lowest BCUT2D eigenvalue weighted by Crippen LogP contribution is -2.33. The number of likely N-dealkylation sites (N-methyl/N-ethyl adjacent to an activating group) is 1. The van der Waals surface area contributed by atoms with Crippen molar-refractivity contribution < 1.29 is 4.58 Å². The molecule has 0 N–H and O–H groups in total. The van der Waals surface area contributed by atoms with Gasteiger partial charge in [0.25, 0.3) is 5.84 Å². The predicted octanol–water partition coefficient (Wildman–Crippen LogP) is 0.663. The molecule has 2 aromatic rings. The summed E-state index contributed by atoms with van der Waals surface area (Å²) in [5, 5.41) is 8.35. The molecule has 0 aliphatic carbocycles. The van der Waals surface area contributed by atoms with Gasteiger partial charge >= 0.3 is 0 Å². The number of rotatable bonds is 2. The maximum Gasteiger partial charge on any atom is 0.268 e. The first-order valence-corrected chi connectivity index (χ1v) is 5.58. The Kier molecular flexibility index (Phi) is 3.08. The Hall–Kier alpha value is -1.91. The largest absolute Gasteiger partial charge is 0.269 e. The van der Waals surface area contributed by atoms with Crippen LogP contribution in [0.4, 0.5) is 0 Å². The lowest BCUT2D eigenvalue weighted by molar-refractivity contribution is -0.471. The number of aromatic nitrogens is 3. The van der Waals surface area contributed by atoms with Gasteiger partial charge in [-0.15, -0.1) is 5.10 Å². The Labute approximate surface area is 101 Å². The van der Waals surface area contributed by atoms with Crippen LogP contribution in [0.1, 0.15) is 0 Å². The van der Waals surface area contributed by atoms with Crippen molar-refractivity contribution in [1.29, 1.82) is 0 Å². The fraction of sp³-hybridized carbons (Fsp3) is 0.417. The van der Waals surface area contributed by atoms with E-state index in [-0.39, 0.29) is 0 Å². The van der Waals surface area contributed by atoms with Gasteiger partial charge in [-0.3, -0.25) is 9.48 Å². The van der Waals surface area contributed by atoms with Gasteiger partial charge in [-0.05, 0) is 12.1 Å². The monoisotopic (exact) mass is 232 g/mol. The minimum absolute atomic E-state index is 0.723. The molecule has 17 heavy (non-hydrogen) atoms. The molecule has 0 saturated heterocycles. The topological polar surface area (TPSA) is 37.0 Å². The molecule has 0 aliphatic rings. The average Bonchev–Trinajstić information content (AvgIpc) is 2.68. The first kappa shape index (κ1) is 11.6. The van der Waals surface area contributed by atoms with E-state index in [0.29, 0.717) is 0 Å². The number of hydrogen-bond donors (Lipinski definition) is 0. The molecule has 90 valence electrons. The summed E-state index contributed by atoms with van der Waals surface area (Å²) in [4.78, 5) is 2.09. The summed E-state index contributed by atoms with van der Waals surface area (Å²) in [6, 6.07) is 8.00. The van der Waals surface area contributed by atoms with Gasteiger partial charge in [0.05, 0.1) is 33.7 Å². The third-order valence-electron chi connectivity index (χ3n) is 2.74. The highest BCUT2D eigenvalue weighted by Gasteiger charge is 2.14. The van der Waals surface area contributed by atoms with E-state index >= 15 is 0 Å². The predicted molar refractivity (Wildman–Crippen MR) is 68.3 cm³/mol. The van der Waals surface area contributed by atoms with Gasteiger partial charge in [-0.1, -0.05) is 17.3 Å². The maximum absolute atomic E-state index is 4.19. The molecule has 5 heteroatoms. The number of hydrogen-bond acceptors (Lipinski definition) is 2. The normalized spacial score (nSPS) is 10.6. The van der Waals surface area contributed by atoms with Crippen LogP contribution in [0.5, 0.6) is 0 Å². The molecule has 5 nitrogen and oxygen atoms in total. The molecule has 0 amide bonds. The molecule has 0 saturated carbocycles. The average molecular weight is 232 g/mol. The quantitative estimate of drug-likeness (QED) is 0.434. The van der Waals surface area contributed by atoms with Gasteiger partial charge in [0.2, 0.25) is 0 Å². The fourth-order valence-electron chi connectivity index (χ4n) is 1.85. The number of fused-ring (bicyclic) bond motifs is 1. The zero-order valence-electron chi connectivity index (χ0n) is 10.8. The first-order chi connectivity index (χ1) is 8.09. The van der Waals surface area contributed by atoms with Gasteiger partial charge in [-0.25, -0.2) is 4.68 Å². The second-order valence-electron chi connectivity index (χ2n) is 4.44. The molecular formula is C12H18N5+. The standard InChI is InChI=1S/C12H18N5/c1-15(2)12(16(3)4)9-17-11-8-6-5-7-10(11)13-14-17/h5-8H,9H2,1-4H3/q+1. The van der Waals surface area contributed by atoms with Crippen LogP contribution in [0, 0.1) is 0 Å². The van der Waals surface area contributed by atoms with Crippen LogP contribution in [0.3, 0.4) is 0 Å². The third kappa shape index (κ3) is 2.27. The molecule has 0 atom stereocenters. The second-order valence-corrected chi connectivity index (χ2v) is 4.44. The van der Waals surface area contributed by atoms with Crippen molar-refractivity contribution in [2.75, 3.05) is 28.2 Å². The van der Waals surface area contributed by atoms with Crippen LogP contribution in [0.25, 0.3) is 11.0 Å². The molecule has 1 aromatic heterocycles. The zero-order chi connectivity index (χ0) is 12.4. The molecule has 2 rings (SSSR count). The molecule has 0 spiro atoms. The summed E-state index contributed by atoms with van der Waals surface area (Å²) in [5.74, 6) is 1.18. The van der Waals surface area contributed by atoms with Crippen molar-refractivity contribution in [3.8, 4) is 0 Å². The van der Waals surface area contributed by atoms with E-state index in [2.05, 4.69) is 19.8 Å². The van der Waals surface area contributed by atoms with E-state index in [1.54, 1.807) is 0 Å². The van der Waals surface area contributed by atoms with E-state index in [9.17, 15) is 0 Å². The highest BCUT2D eigenvalue weighted by atomic mass is 15.4. The Morgan fingerprint density at radius 1 is 1.29 bits per heavy atom. The van der Waals surface area contributed by atoms with Gasteiger partial charge in [-0.2, -0.15) is 0 Å². The molecule has 0 bridgehead atoms. The van der Waals surface area contributed by atoms with Crippen LogP contribution in [0.15, 0.2) is 24.3 Å². The summed E-state index contributed by atoms with van der Waals surface area (Å²) < 4.78 is 4.02. The highest BCUT2D eigenvalue weighted by Crippen LogP contribution is 2.09. The van der Waals surface area contributed by atoms with E-state index in [0.717, 1.165) is 17.6 Å². The Morgan fingerprint density at radius 3 is 2.65 bits per heavy atom. The van der Waals surface area contributed by atoms with Gasteiger partial charge in [0.15, 0.2) is 0 Å². The molecule has 0 radical (unpaired) electrons. The van der Waals surface area contributed by atoms with Gasteiger partial charge < -0.3 is 0 Å². The lowest BCUT2D eigenvalue weighted by atomic mass is 10.3. The summed E-state index contributed by atoms with van der Waals surface area (Å²) in [5.41, 5.74) is 2.00. The Morgan fingerprint density at radius 2 is 2.00 bits per heavy atom. The summed E-state index contributed by atoms with van der Waals surface area (Å²) >= 11 is 0. The fourth-order valence-corrected chi connectivity index (χ4v) is 1.85. The Bertz CT molecular complexity index is 549. The van der Waals surface area contributed by atoms with Crippen LogP contribution in [-0.2, 0) is 6.54 Å². The minimum atomic E-state index is 0.723. The summed E-state index contributed by atoms with van der Waals surface area (Å²) in [7, 11) is 8.14. The third-order valence-corrected chi connectivity index (χ3v) is 2.74. The van der Waals surface area contributed by atoms with Crippen molar-refractivity contribution in [3.63, 3.8) is 0 Å². The molecule has 0 unspecified atom stereocenters. The van der Waals surface area contributed by atoms with Gasteiger partial charge in [0.1, 0.15) is 12.1 Å². The van der Waals surface area contributed by atoms with Crippen molar-refractivity contribution >= 4 is 16.9 Å². The van der Waals surface area contributed by atoms with Crippen LogP contribution < -0.4 is 0 Å². The van der Waals surface area contributed by atoms with Crippen LogP contribution >= 0.6 is 0 Å². The number of para-hydroxylation sites is 1. The highest BCUT2D eigenvalue weighted by molar-refractivity contribution is 5.80. The molecule has 0 fully saturated rings. The number of benzene rings is 1. The molecule has 0 aliphatic heterocycles.